The van der Waals surface area contributed by atoms with Crippen molar-refractivity contribution >= 4 is 17.6 Å². The molecule has 0 aliphatic carbocycles. The number of benzene rings is 1. The summed E-state index contributed by atoms with van der Waals surface area (Å²) < 4.78 is 46.3. The third-order valence-electron chi connectivity index (χ3n) is 7.51. The number of morpholine rings is 1. The van der Waals surface area contributed by atoms with Gasteiger partial charge < -0.3 is 19.4 Å². The zero-order chi connectivity index (χ0) is 28.1. The van der Waals surface area contributed by atoms with Gasteiger partial charge in [-0.25, -0.2) is 9.97 Å². The van der Waals surface area contributed by atoms with E-state index in [1.165, 1.54) is 17.8 Å². The molecule has 0 N–H and O–H groups in total. The van der Waals surface area contributed by atoms with Crippen molar-refractivity contribution in [2.24, 2.45) is 0 Å². The summed E-state index contributed by atoms with van der Waals surface area (Å²) in [6.45, 7) is 11.7. The number of hydrogen-bond donors (Lipinski definition) is 0. The second-order valence-corrected chi connectivity index (χ2v) is 10.0. The zero-order valence-corrected chi connectivity index (χ0v) is 23.1. The number of halogens is 3. The van der Waals surface area contributed by atoms with Gasteiger partial charge in [-0.05, 0) is 36.9 Å². The molecule has 2 aromatic heterocycles. The molecule has 3 aromatic rings. The van der Waals surface area contributed by atoms with Gasteiger partial charge in [0.2, 0.25) is 5.95 Å². The van der Waals surface area contributed by atoms with E-state index in [1.54, 1.807) is 4.90 Å². The zero-order valence-electron chi connectivity index (χ0n) is 23.1. The Morgan fingerprint density at radius 3 is 2.27 bits per heavy atom. The fourth-order valence-electron chi connectivity index (χ4n) is 5.19. The number of aromatic nitrogens is 3. The molecule has 0 saturated carbocycles. The highest BCUT2D eigenvalue weighted by Crippen LogP contribution is 2.36. The monoisotopic (exact) mass is 555 g/mol. The molecule has 0 amide bonds. The van der Waals surface area contributed by atoms with Crippen LogP contribution in [0, 0.1) is 0 Å². The van der Waals surface area contributed by atoms with E-state index in [0.717, 1.165) is 42.8 Å². The standard InChI is InChI=1S/C29H36F3N7O/c1-3-36(4-2)21-22-7-5-8-23(19-22)25-20-26(35-28(34-25)39-15-17-40-18-16-39)37-11-13-38(14-12-37)27-24(29(30,31)32)9-6-10-33-27/h5-10,19-20H,3-4,11-18,21H2,1-2H3. The molecule has 0 spiro atoms. The van der Waals surface area contributed by atoms with Gasteiger partial charge in [-0.2, -0.15) is 18.2 Å². The van der Waals surface area contributed by atoms with Crippen LogP contribution in [0.15, 0.2) is 48.7 Å². The fraction of sp³-hybridized carbons (Fsp3) is 0.483. The molecule has 2 aliphatic rings. The summed E-state index contributed by atoms with van der Waals surface area (Å²) in [7, 11) is 0. The maximum absolute atomic E-state index is 13.6. The highest BCUT2D eigenvalue weighted by molar-refractivity contribution is 5.66. The molecule has 214 valence electrons. The molecular formula is C29H36F3N7O. The van der Waals surface area contributed by atoms with Crippen molar-refractivity contribution in [2.75, 3.05) is 80.3 Å². The van der Waals surface area contributed by atoms with Gasteiger partial charge in [-0.15, -0.1) is 0 Å². The highest BCUT2D eigenvalue weighted by Gasteiger charge is 2.36. The molecular weight excluding hydrogens is 519 g/mol. The average Bonchev–Trinajstić information content (AvgIpc) is 3.00. The Kier molecular flexibility index (Phi) is 8.70. The second kappa shape index (κ2) is 12.4. The van der Waals surface area contributed by atoms with Crippen molar-refractivity contribution in [3.05, 3.63) is 59.8 Å². The first-order valence-corrected chi connectivity index (χ1v) is 13.9. The van der Waals surface area contributed by atoms with E-state index in [4.69, 9.17) is 14.7 Å². The van der Waals surface area contributed by atoms with Gasteiger partial charge in [0, 0.05) is 63.6 Å². The number of hydrogen-bond acceptors (Lipinski definition) is 8. The molecule has 4 heterocycles. The molecule has 8 nitrogen and oxygen atoms in total. The average molecular weight is 556 g/mol. The lowest BCUT2D eigenvalue weighted by Crippen LogP contribution is -2.48. The van der Waals surface area contributed by atoms with E-state index in [0.29, 0.717) is 58.4 Å². The van der Waals surface area contributed by atoms with Crippen molar-refractivity contribution in [3.8, 4) is 11.3 Å². The maximum Gasteiger partial charge on any atom is 0.419 e. The number of pyridine rings is 1. The molecule has 0 bridgehead atoms. The van der Waals surface area contributed by atoms with Crippen LogP contribution in [0.1, 0.15) is 25.0 Å². The Bertz CT molecular complexity index is 1270. The largest absolute Gasteiger partial charge is 0.419 e. The minimum Gasteiger partial charge on any atom is -0.378 e. The van der Waals surface area contributed by atoms with Crippen LogP contribution < -0.4 is 14.7 Å². The molecule has 0 atom stereocenters. The van der Waals surface area contributed by atoms with Crippen molar-refractivity contribution in [2.45, 2.75) is 26.6 Å². The Labute approximate surface area is 233 Å². The number of rotatable bonds is 8. The maximum atomic E-state index is 13.6. The van der Waals surface area contributed by atoms with Gasteiger partial charge in [0.15, 0.2) is 0 Å². The third kappa shape index (κ3) is 6.47. The molecule has 2 fully saturated rings. The van der Waals surface area contributed by atoms with Gasteiger partial charge >= 0.3 is 6.18 Å². The van der Waals surface area contributed by atoms with Crippen LogP contribution in [0.5, 0.6) is 0 Å². The van der Waals surface area contributed by atoms with Crippen LogP contribution in [0.3, 0.4) is 0 Å². The van der Waals surface area contributed by atoms with Crippen LogP contribution >= 0.6 is 0 Å². The lowest BCUT2D eigenvalue weighted by molar-refractivity contribution is -0.137. The van der Waals surface area contributed by atoms with Crippen LogP contribution in [0.2, 0.25) is 0 Å². The Morgan fingerprint density at radius 2 is 1.57 bits per heavy atom. The summed E-state index contributed by atoms with van der Waals surface area (Å²) in [4.78, 5) is 22.3. The third-order valence-corrected chi connectivity index (χ3v) is 7.51. The normalized spacial score (nSPS) is 16.6. The summed E-state index contributed by atoms with van der Waals surface area (Å²) in [5.74, 6) is 1.41. The van der Waals surface area contributed by atoms with E-state index >= 15 is 0 Å². The van der Waals surface area contributed by atoms with Crippen LogP contribution in [0.4, 0.5) is 30.8 Å². The minimum absolute atomic E-state index is 0.0166. The molecule has 5 rings (SSSR count). The Morgan fingerprint density at radius 1 is 0.850 bits per heavy atom. The molecule has 2 aliphatic heterocycles. The number of piperazine rings is 1. The molecule has 0 unspecified atom stereocenters. The topological polar surface area (TPSA) is 60.9 Å². The quantitative estimate of drug-likeness (QED) is 0.401. The number of nitrogens with zero attached hydrogens (tertiary/aromatic N) is 7. The highest BCUT2D eigenvalue weighted by atomic mass is 19.4. The molecule has 40 heavy (non-hydrogen) atoms. The van der Waals surface area contributed by atoms with Gasteiger partial charge in [0.25, 0.3) is 0 Å². The molecule has 1 aromatic carbocycles. The SMILES string of the molecule is CCN(CC)Cc1cccc(-c2cc(N3CCN(c4ncccc4C(F)(F)F)CC3)nc(N3CCOCC3)n2)c1. The van der Waals surface area contributed by atoms with Gasteiger partial charge in [0.1, 0.15) is 11.6 Å². The van der Waals surface area contributed by atoms with E-state index in [9.17, 15) is 13.2 Å². The summed E-state index contributed by atoms with van der Waals surface area (Å²) in [5.41, 5.74) is 2.37. The van der Waals surface area contributed by atoms with E-state index in [-0.39, 0.29) is 5.82 Å². The van der Waals surface area contributed by atoms with E-state index in [2.05, 4.69) is 57.8 Å². The summed E-state index contributed by atoms with van der Waals surface area (Å²) in [5, 5.41) is 0. The van der Waals surface area contributed by atoms with Gasteiger partial charge in [-0.1, -0.05) is 32.0 Å². The number of anilines is 3. The van der Waals surface area contributed by atoms with Crippen molar-refractivity contribution < 1.29 is 17.9 Å². The smallest absolute Gasteiger partial charge is 0.378 e. The van der Waals surface area contributed by atoms with E-state index in [1.807, 2.05) is 6.07 Å². The molecule has 2 saturated heterocycles. The van der Waals surface area contributed by atoms with Crippen molar-refractivity contribution in [1.82, 2.24) is 19.9 Å². The lowest BCUT2D eigenvalue weighted by Gasteiger charge is -2.37. The first-order valence-electron chi connectivity index (χ1n) is 13.9. The summed E-state index contributed by atoms with van der Waals surface area (Å²) in [6.07, 6.45) is -3.04. The lowest BCUT2D eigenvalue weighted by atomic mass is 10.1. The summed E-state index contributed by atoms with van der Waals surface area (Å²) in [6, 6.07) is 12.9. The van der Waals surface area contributed by atoms with Crippen molar-refractivity contribution in [3.63, 3.8) is 0 Å². The Balaban J connectivity index is 1.41. The number of alkyl halides is 3. The Hall–Kier alpha value is -3.44. The second-order valence-electron chi connectivity index (χ2n) is 10.0. The fourth-order valence-corrected chi connectivity index (χ4v) is 5.19. The van der Waals surface area contributed by atoms with Crippen LogP contribution in [-0.2, 0) is 17.5 Å². The van der Waals surface area contributed by atoms with Crippen LogP contribution in [-0.4, -0.2) is 85.4 Å². The first kappa shape index (κ1) is 28.1. The summed E-state index contributed by atoms with van der Waals surface area (Å²) >= 11 is 0. The number of ether oxygens (including phenoxy) is 1. The van der Waals surface area contributed by atoms with Gasteiger partial charge in [0.05, 0.1) is 24.5 Å². The van der Waals surface area contributed by atoms with Crippen molar-refractivity contribution in [1.29, 1.82) is 0 Å². The first-order chi connectivity index (χ1) is 19.4. The predicted octanol–water partition coefficient (Wildman–Crippen LogP) is 4.56. The molecule has 0 radical (unpaired) electrons. The van der Waals surface area contributed by atoms with E-state index < -0.39 is 11.7 Å². The van der Waals surface area contributed by atoms with Gasteiger partial charge in [-0.3, -0.25) is 4.90 Å². The predicted molar refractivity (Wildman–Crippen MR) is 151 cm³/mol. The molecule has 11 heteroatoms. The van der Waals surface area contributed by atoms with Crippen LogP contribution in [0.25, 0.3) is 11.3 Å². The minimum atomic E-state index is -4.45.